The average Bonchev–Trinajstić information content (AvgIpc) is 2.81. The van der Waals surface area contributed by atoms with E-state index in [1.807, 2.05) is 0 Å². The summed E-state index contributed by atoms with van der Waals surface area (Å²) in [5, 5.41) is 1.41. The van der Waals surface area contributed by atoms with Gasteiger partial charge in [-0.15, -0.1) is 0 Å². The summed E-state index contributed by atoms with van der Waals surface area (Å²) >= 11 is 7.26. The summed E-state index contributed by atoms with van der Waals surface area (Å²) in [6, 6.07) is 24.1. The van der Waals surface area contributed by atoms with Gasteiger partial charge in [0.1, 0.15) is 0 Å². The number of fused-ring (bicyclic) bond motifs is 3. The van der Waals surface area contributed by atoms with E-state index in [-0.39, 0.29) is 0 Å². The number of hydrogen-bond acceptors (Lipinski definition) is 0. The topological polar surface area (TPSA) is 0 Å². The summed E-state index contributed by atoms with van der Waals surface area (Å²) in [5.74, 6) is 0. The second-order valence-electron chi connectivity index (χ2n) is 5.41. The van der Waals surface area contributed by atoms with Gasteiger partial charge in [-0.2, -0.15) is 0 Å². The van der Waals surface area contributed by atoms with Crippen LogP contribution in [0.15, 0.2) is 75.7 Å². The maximum absolute atomic E-state index is 3.63. The predicted molar refractivity (Wildman–Crippen MR) is 104 cm³/mol. The molecular formula is C19H13Br2P. The van der Waals surface area contributed by atoms with Crippen LogP contribution < -0.4 is 5.30 Å². The molecule has 0 radical (unpaired) electrons. The lowest BCUT2D eigenvalue weighted by Gasteiger charge is -2.14. The van der Waals surface area contributed by atoms with Crippen molar-refractivity contribution in [3.8, 4) is 11.1 Å². The van der Waals surface area contributed by atoms with Crippen molar-refractivity contribution < 1.29 is 0 Å². The molecule has 0 aromatic heterocycles. The van der Waals surface area contributed by atoms with E-state index in [9.17, 15) is 0 Å². The molecule has 108 valence electrons. The Morgan fingerprint density at radius 2 is 1.23 bits per heavy atom. The molecule has 0 bridgehead atoms. The minimum Gasteiger partial charge on any atom is -0.0781 e. The van der Waals surface area contributed by atoms with Crippen molar-refractivity contribution >= 4 is 45.7 Å². The quantitative estimate of drug-likeness (QED) is 0.418. The van der Waals surface area contributed by atoms with Crippen molar-refractivity contribution in [1.82, 2.24) is 0 Å². The highest BCUT2D eigenvalue weighted by atomic mass is 79.9. The summed E-state index contributed by atoms with van der Waals surface area (Å²) in [6.07, 6.45) is 0. The Labute approximate surface area is 149 Å². The molecule has 0 N–H and O–H groups in total. The van der Waals surface area contributed by atoms with Gasteiger partial charge in [0.15, 0.2) is 0 Å². The fraction of sp³-hybridized carbons (Fsp3) is 0.0526. The molecule has 0 nitrogen and oxygen atoms in total. The van der Waals surface area contributed by atoms with Crippen LogP contribution in [0.5, 0.6) is 0 Å². The number of rotatable bonds is 2. The van der Waals surface area contributed by atoms with Gasteiger partial charge in [-0.05, 0) is 51.8 Å². The van der Waals surface area contributed by atoms with Crippen LogP contribution in [0.25, 0.3) is 11.1 Å². The highest BCUT2D eigenvalue weighted by Gasteiger charge is 2.29. The Balaban J connectivity index is 1.87. The molecule has 0 saturated carbocycles. The lowest BCUT2D eigenvalue weighted by atomic mass is 10.1. The van der Waals surface area contributed by atoms with Crippen LogP contribution in [0.2, 0.25) is 0 Å². The molecule has 22 heavy (non-hydrogen) atoms. The molecule has 3 heteroatoms. The second kappa shape index (κ2) is 5.92. The van der Waals surface area contributed by atoms with Crippen LogP contribution in [0.1, 0.15) is 16.8 Å². The minimum absolute atomic E-state index is 0.447. The molecule has 0 spiro atoms. The highest BCUT2D eigenvalue weighted by molar-refractivity contribution is 9.10. The number of benzene rings is 3. The van der Waals surface area contributed by atoms with Gasteiger partial charge >= 0.3 is 0 Å². The molecule has 0 amide bonds. The zero-order chi connectivity index (χ0) is 15.1. The van der Waals surface area contributed by atoms with Gasteiger partial charge in [0.05, 0.1) is 0 Å². The van der Waals surface area contributed by atoms with Crippen molar-refractivity contribution in [3.63, 3.8) is 0 Å². The van der Waals surface area contributed by atoms with Crippen molar-refractivity contribution in [2.75, 3.05) is 0 Å². The Kier molecular flexibility index (Phi) is 3.94. The summed E-state index contributed by atoms with van der Waals surface area (Å²) in [7, 11) is 0.743. The van der Waals surface area contributed by atoms with Crippen LogP contribution in [0, 0.1) is 0 Å². The molecule has 4 rings (SSSR count). The molecule has 0 aliphatic heterocycles. The van der Waals surface area contributed by atoms with E-state index in [2.05, 4.69) is 98.6 Å². The average molecular weight is 432 g/mol. The molecule has 1 unspecified atom stereocenters. The maximum atomic E-state index is 3.63. The minimum atomic E-state index is 0.447. The zero-order valence-electron chi connectivity index (χ0n) is 11.7. The van der Waals surface area contributed by atoms with E-state index in [1.54, 1.807) is 0 Å². The lowest BCUT2D eigenvalue weighted by Crippen LogP contribution is -1.99. The summed E-state index contributed by atoms with van der Waals surface area (Å²) in [6.45, 7) is 0. The van der Waals surface area contributed by atoms with Crippen LogP contribution in [-0.2, 0) is 0 Å². The molecule has 1 aliphatic carbocycles. The zero-order valence-corrected chi connectivity index (χ0v) is 15.9. The fourth-order valence-electron chi connectivity index (χ4n) is 3.06. The van der Waals surface area contributed by atoms with Crippen LogP contribution >= 0.6 is 40.4 Å². The standard InChI is InChI=1S/C19H13Br2P/c20-12-6-8-15-16-9-7-13(21)11-18(16)19(17(15)10-12)22-14-4-2-1-3-5-14/h1-11,19,22H. The Morgan fingerprint density at radius 3 is 1.77 bits per heavy atom. The predicted octanol–water partition coefficient (Wildman–Crippen LogP) is 6.29. The molecular weight excluding hydrogens is 419 g/mol. The molecule has 0 heterocycles. The fourth-order valence-corrected chi connectivity index (χ4v) is 5.32. The maximum Gasteiger partial charge on any atom is 0.0317 e. The third-order valence-corrected chi connectivity index (χ3v) is 6.59. The van der Waals surface area contributed by atoms with Gasteiger partial charge in [0, 0.05) is 14.6 Å². The van der Waals surface area contributed by atoms with E-state index >= 15 is 0 Å². The summed E-state index contributed by atoms with van der Waals surface area (Å²) in [5.41, 5.74) is 6.06. The number of halogens is 2. The summed E-state index contributed by atoms with van der Waals surface area (Å²) in [4.78, 5) is 0. The van der Waals surface area contributed by atoms with Crippen LogP contribution in [0.4, 0.5) is 0 Å². The first-order valence-corrected chi connectivity index (χ1v) is 9.79. The summed E-state index contributed by atoms with van der Waals surface area (Å²) < 4.78 is 2.31. The molecule has 1 atom stereocenters. The molecule has 0 fully saturated rings. The molecule has 0 saturated heterocycles. The Hall–Kier alpha value is -0.950. The number of hydrogen-bond donors (Lipinski definition) is 0. The first-order chi connectivity index (χ1) is 10.7. The van der Waals surface area contributed by atoms with Gasteiger partial charge in [-0.3, -0.25) is 0 Å². The van der Waals surface area contributed by atoms with Crippen molar-refractivity contribution in [1.29, 1.82) is 0 Å². The van der Waals surface area contributed by atoms with E-state index < -0.39 is 0 Å². The van der Waals surface area contributed by atoms with Crippen molar-refractivity contribution in [2.45, 2.75) is 5.66 Å². The third kappa shape index (κ3) is 2.58. The second-order valence-corrected chi connectivity index (χ2v) is 8.68. The normalized spacial score (nSPS) is 13.5. The first kappa shape index (κ1) is 14.6. The molecule has 3 aromatic carbocycles. The molecule has 1 aliphatic rings. The monoisotopic (exact) mass is 430 g/mol. The molecule has 3 aromatic rings. The van der Waals surface area contributed by atoms with Crippen LogP contribution in [-0.4, -0.2) is 0 Å². The van der Waals surface area contributed by atoms with Crippen LogP contribution in [0.3, 0.4) is 0 Å². The van der Waals surface area contributed by atoms with Gasteiger partial charge in [0.25, 0.3) is 0 Å². The smallest absolute Gasteiger partial charge is 0.0317 e. The van der Waals surface area contributed by atoms with Crippen molar-refractivity contribution in [3.05, 3.63) is 86.8 Å². The Morgan fingerprint density at radius 1 is 0.682 bits per heavy atom. The van der Waals surface area contributed by atoms with Gasteiger partial charge in [-0.25, -0.2) is 0 Å². The Bertz CT molecular complexity index is 792. The van der Waals surface area contributed by atoms with Gasteiger partial charge < -0.3 is 0 Å². The highest BCUT2D eigenvalue weighted by Crippen LogP contribution is 2.53. The van der Waals surface area contributed by atoms with E-state index in [1.165, 1.54) is 27.6 Å². The largest absolute Gasteiger partial charge is 0.0781 e. The van der Waals surface area contributed by atoms with E-state index in [4.69, 9.17) is 0 Å². The van der Waals surface area contributed by atoms with E-state index in [0.29, 0.717) is 5.66 Å². The van der Waals surface area contributed by atoms with Gasteiger partial charge in [-0.1, -0.05) is 82.9 Å². The van der Waals surface area contributed by atoms with Crippen molar-refractivity contribution in [2.24, 2.45) is 0 Å². The van der Waals surface area contributed by atoms with E-state index in [0.717, 1.165) is 17.5 Å². The first-order valence-electron chi connectivity index (χ1n) is 7.13. The SMILES string of the molecule is Brc1ccc2c(c1)C(Pc1ccccc1)c1cc(Br)ccc1-2. The lowest BCUT2D eigenvalue weighted by molar-refractivity contribution is 1.21. The third-order valence-electron chi connectivity index (χ3n) is 4.02. The van der Waals surface area contributed by atoms with Gasteiger partial charge in [0.2, 0.25) is 0 Å².